The number of rotatable bonds is 4. The molecule has 1 aromatic carbocycles. The number of benzene rings is 1. The quantitative estimate of drug-likeness (QED) is 0.816. The van der Waals surface area contributed by atoms with Gasteiger partial charge < -0.3 is 10.5 Å². The van der Waals surface area contributed by atoms with Crippen LogP contribution in [0.4, 0.5) is 5.69 Å². The summed E-state index contributed by atoms with van der Waals surface area (Å²) in [4.78, 5) is 0. The minimum Gasteiger partial charge on any atom is -0.399 e. The summed E-state index contributed by atoms with van der Waals surface area (Å²) >= 11 is 0. The first-order valence-electron chi connectivity index (χ1n) is 6.32. The molecule has 1 aromatic rings. The highest BCUT2D eigenvalue weighted by atomic mass is 32.2. The van der Waals surface area contributed by atoms with Gasteiger partial charge >= 0.3 is 0 Å². The number of nitrogens with one attached hydrogen (secondary N) is 1. The number of hydrogen-bond donors (Lipinski definition) is 2. The van der Waals surface area contributed by atoms with Gasteiger partial charge in [0.15, 0.2) is 0 Å². The van der Waals surface area contributed by atoms with Gasteiger partial charge in [0, 0.05) is 24.4 Å². The summed E-state index contributed by atoms with van der Waals surface area (Å²) in [5, 5.41) is 0. The molecule has 6 heteroatoms. The Morgan fingerprint density at radius 1 is 1.26 bits per heavy atom. The van der Waals surface area contributed by atoms with Crippen LogP contribution in [0.1, 0.15) is 25.3 Å². The molecule has 3 N–H and O–H groups in total. The Bertz CT molecular complexity index is 519. The van der Waals surface area contributed by atoms with E-state index in [-0.39, 0.29) is 5.75 Å². The van der Waals surface area contributed by atoms with Gasteiger partial charge in [0.1, 0.15) is 0 Å². The van der Waals surface area contributed by atoms with Crippen molar-refractivity contribution in [2.75, 3.05) is 18.9 Å². The summed E-state index contributed by atoms with van der Waals surface area (Å²) in [7, 11) is -3.35. The van der Waals surface area contributed by atoms with Crippen molar-refractivity contribution in [1.29, 1.82) is 0 Å². The molecule has 2 rings (SSSR count). The molecule has 1 saturated heterocycles. The van der Waals surface area contributed by atoms with Crippen LogP contribution in [0.3, 0.4) is 0 Å². The normalized spacial score (nSPS) is 19.2. The minimum absolute atomic E-state index is 0.0241. The van der Waals surface area contributed by atoms with E-state index >= 15 is 0 Å². The maximum atomic E-state index is 12.2. The molecule has 0 unspecified atom stereocenters. The Kier molecular flexibility index (Phi) is 4.13. The van der Waals surface area contributed by atoms with E-state index in [9.17, 15) is 8.42 Å². The first-order chi connectivity index (χ1) is 8.89. The van der Waals surface area contributed by atoms with Crippen molar-refractivity contribution in [3.05, 3.63) is 29.8 Å². The van der Waals surface area contributed by atoms with E-state index in [1.807, 2.05) is 6.92 Å². The minimum atomic E-state index is -3.35. The second-order valence-electron chi connectivity index (χ2n) is 5.28. The molecular formula is C13H20N2O3S. The highest BCUT2D eigenvalue weighted by Crippen LogP contribution is 2.21. The van der Waals surface area contributed by atoms with Crippen molar-refractivity contribution in [2.45, 2.75) is 31.1 Å². The number of anilines is 1. The van der Waals surface area contributed by atoms with Gasteiger partial charge in [0.2, 0.25) is 10.0 Å². The van der Waals surface area contributed by atoms with Crippen LogP contribution in [-0.2, 0) is 20.5 Å². The largest absolute Gasteiger partial charge is 0.399 e. The molecule has 1 aliphatic rings. The molecule has 0 saturated carbocycles. The standard InChI is InChI=1S/C13H20N2O3S/c1-13(6-8-18-9-7-13)15-19(16,17)10-11-2-4-12(14)5-3-11/h2-5,15H,6-10,14H2,1H3. The fourth-order valence-corrected chi connectivity index (χ4v) is 3.83. The lowest BCUT2D eigenvalue weighted by atomic mass is 9.94. The highest BCUT2D eigenvalue weighted by Gasteiger charge is 2.31. The van der Waals surface area contributed by atoms with Gasteiger partial charge in [0.25, 0.3) is 0 Å². The lowest BCUT2D eigenvalue weighted by Crippen LogP contribution is -2.49. The average Bonchev–Trinajstić information content (AvgIpc) is 2.31. The van der Waals surface area contributed by atoms with Crippen LogP contribution in [0.2, 0.25) is 0 Å². The maximum absolute atomic E-state index is 12.2. The zero-order valence-corrected chi connectivity index (χ0v) is 11.9. The number of sulfonamides is 1. The summed E-state index contributed by atoms with van der Waals surface area (Å²) in [5.41, 5.74) is 6.55. The third kappa shape index (κ3) is 4.19. The molecule has 0 bridgehead atoms. The smallest absolute Gasteiger partial charge is 0.216 e. The lowest BCUT2D eigenvalue weighted by molar-refractivity contribution is 0.0537. The Morgan fingerprint density at radius 3 is 2.42 bits per heavy atom. The molecule has 5 nitrogen and oxygen atoms in total. The molecule has 0 atom stereocenters. The number of ether oxygens (including phenoxy) is 1. The summed E-state index contributed by atoms with van der Waals surface area (Å²) in [5.74, 6) is -0.0241. The Labute approximate surface area is 114 Å². The van der Waals surface area contributed by atoms with Gasteiger partial charge in [-0.3, -0.25) is 0 Å². The molecule has 1 fully saturated rings. The van der Waals surface area contributed by atoms with Crippen molar-refractivity contribution < 1.29 is 13.2 Å². The molecule has 0 aromatic heterocycles. The molecule has 106 valence electrons. The van der Waals surface area contributed by atoms with Crippen LogP contribution in [0.5, 0.6) is 0 Å². The predicted molar refractivity (Wildman–Crippen MR) is 75.1 cm³/mol. The number of nitrogen functional groups attached to an aromatic ring is 1. The first-order valence-corrected chi connectivity index (χ1v) is 7.98. The topological polar surface area (TPSA) is 81.4 Å². The fraction of sp³-hybridized carbons (Fsp3) is 0.538. The molecule has 0 radical (unpaired) electrons. The molecule has 1 aliphatic heterocycles. The van der Waals surface area contributed by atoms with Crippen molar-refractivity contribution in [2.24, 2.45) is 0 Å². The molecular weight excluding hydrogens is 264 g/mol. The second kappa shape index (κ2) is 5.48. The monoisotopic (exact) mass is 284 g/mol. The van der Waals surface area contributed by atoms with E-state index in [0.717, 1.165) is 5.56 Å². The van der Waals surface area contributed by atoms with E-state index in [2.05, 4.69) is 4.72 Å². The number of hydrogen-bond acceptors (Lipinski definition) is 4. The highest BCUT2D eigenvalue weighted by molar-refractivity contribution is 7.88. The van der Waals surface area contributed by atoms with Gasteiger partial charge in [0.05, 0.1) is 5.75 Å². The Morgan fingerprint density at radius 2 is 1.84 bits per heavy atom. The van der Waals surface area contributed by atoms with Crippen LogP contribution in [0, 0.1) is 0 Å². The Hall–Kier alpha value is -1.11. The van der Waals surface area contributed by atoms with Gasteiger partial charge in [-0.2, -0.15) is 0 Å². The van der Waals surface area contributed by atoms with Crippen molar-refractivity contribution in [3.63, 3.8) is 0 Å². The van der Waals surface area contributed by atoms with Crippen LogP contribution < -0.4 is 10.5 Å². The second-order valence-corrected chi connectivity index (χ2v) is 7.00. The summed E-state index contributed by atoms with van der Waals surface area (Å²) in [6.07, 6.45) is 1.40. The van der Waals surface area contributed by atoms with Crippen LogP contribution >= 0.6 is 0 Å². The zero-order valence-electron chi connectivity index (χ0n) is 11.1. The summed E-state index contributed by atoms with van der Waals surface area (Å²) in [6, 6.07) is 6.89. The van der Waals surface area contributed by atoms with E-state index < -0.39 is 15.6 Å². The van der Waals surface area contributed by atoms with E-state index in [1.54, 1.807) is 24.3 Å². The van der Waals surface area contributed by atoms with Gasteiger partial charge in [-0.15, -0.1) is 0 Å². The molecule has 0 aliphatic carbocycles. The molecule has 19 heavy (non-hydrogen) atoms. The van der Waals surface area contributed by atoms with E-state index in [0.29, 0.717) is 31.7 Å². The Balaban J connectivity index is 2.04. The van der Waals surface area contributed by atoms with Crippen LogP contribution in [0.25, 0.3) is 0 Å². The third-order valence-corrected chi connectivity index (χ3v) is 4.85. The van der Waals surface area contributed by atoms with Crippen LogP contribution in [-0.4, -0.2) is 27.2 Å². The SMILES string of the molecule is CC1(NS(=O)(=O)Cc2ccc(N)cc2)CCOCC1. The van der Waals surface area contributed by atoms with Crippen molar-refractivity contribution in [3.8, 4) is 0 Å². The lowest BCUT2D eigenvalue weighted by Gasteiger charge is -2.34. The summed E-state index contributed by atoms with van der Waals surface area (Å²) < 4.78 is 32.4. The molecule has 1 heterocycles. The van der Waals surface area contributed by atoms with Crippen LogP contribution in [0.15, 0.2) is 24.3 Å². The van der Waals surface area contributed by atoms with Gasteiger partial charge in [-0.25, -0.2) is 13.1 Å². The van der Waals surface area contributed by atoms with Gasteiger partial charge in [-0.1, -0.05) is 12.1 Å². The first kappa shape index (κ1) is 14.3. The maximum Gasteiger partial charge on any atom is 0.216 e. The summed E-state index contributed by atoms with van der Waals surface area (Å²) in [6.45, 7) is 3.12. The number of nitrogens with two attached hydrogens (primary N) is 1. The fourth-order valence-electron chi connectivity index (χ4n) is 2.17. The zero-order chi connectivity index (χ0) is 13.9. The predicted octanol–water partition coefficient (Wildman–Crippen LogP) is 1.26. The van der Waals surface area contributed by atoms with E-state index in [1.165, 1.54) is 0 Å². The third-order valence-electron chi connectivity index (χ3n) is 3.33. The molecule has 0 amide bonds. The van der Waals surface area contributed by atoms with Crippen molar-refractivity contribution >= 4 is 15.7 Å². The average molecular weight is 284 g/mol. The van der Waals surface area contributed by atoms with Gasteiger partial charge in [-0.05, 0) is 37.5 Å². The van der Waals surface area contributed by atoms with Crippen molar-refractivity contribution in [1.82, 2.24) is 4.72 Å². The van der Waals surface area contributed by atoms with E-state index in [4.69, 9.17) is 10.5 Å². The molecule has 0 spiro atoms.